The van der Waals surface area contributed by atoms with E-state index in [-0.39, 0.29) is 34.5 Å². The highest BCUT2D eigenvalue weighted by atomic mass is 16.4. The van der Waals surface area contributed by atoms with Crippen molar-refractivity contribution in [3.8, 4) is 5.69 Å². The first-order valence-corrected chi connectivity index (χ1v) is 10.3. The van der Waals surface area contributed by atoms with Crippen molar-refractivity contribution in [1.82, 2.24) is 24.7 Å². The van der Waals surface area contributed by atoms with Gasteiger partial charge in [0.1, 0.15) is 11.6 Å². The zero-order chi connectivity index (χ0) is 23.3. The van der Waals surface area contributed by atoms with E-state index < -0.39 is 5.97 Å². The van der Waals surface area contributed by atoms with Gasteiger partial charge >= 0.3 is 5.97 Å². The second kappa shape index (κ2) is 7.56. The van der Waals surface area contributed by atoms with E-state index in [9.17, 15) is 14.7 Å². The molecule has 0 fully saturated rings. The molecule has 9 nitrogen and oxygen atoms in total. The van der Waals surface area contributed by atoms with Crippen molar-refractivity contribution in [2.24, 2.45) is 0 Å². The van der Waals surface area contributed by atoms with Gasteiger partial charge in [-0.2, -0.15) is 5.10 Å². The number of carbonyl (C=O) groups is 1. The quantitative estimate of drug-likeness (QED) is 0.390. The van der Waals surface area contributed by atoms with Gasteiger partial charge < -0.3 is 10.8 Å². The van der Waals surface area contributed by atoms with Crippen molar-refractivity contribution in [2.45, 2.75) is 20.3 Å². The maximum atomic E-state index is 13.7. The highest BCUT2D eigenvalue weighted by molar-refractivity contribution is 6.04. The van der Waals surface area contributed by atoms with Crippen LogP contribution in [0.4, 0.5) is 5.82 Å². The monoisotopic (exact) mass is 440 g/mol. The van der Waals surface area contributed by atoms with Gasteiger partial charge in [-0.15, -0.1) is 0 Å². The summed E-state index contributed by atoms with van der Waals surface area (Å²) in [4.78, 5) is 33.8. The van der Waals surface area contributed by atoms with E-state index in [1.807, 2.05) is 62.4 Å². The summed E-state index contributed by atoms with van der Waals surface area (Å²) in [6, 6.07) is 15.3. The van der Waals surface area contributed by atoms with Crippen LogP contribution in [0.25, 0.3) is 27.5 Å². The fourth-order valence-corrected chi connectivity index (χ4v) is 4.19. The van der Waals surface area contributed by atoms with Gasteiger partial charge in [-0.3, -0.25) is 14.5 Å². The van der Waals surface area contributed by atoms with E-state index in [0.29, 0.717) is 16.9 Å². The summed E-state index contributed by atoms with van der Waals surface area (Å²) in [6.45, 7) is 3.87. The molecule has 3 aromatic heterocycles. The third-order valence-electron chi connectivity index (χ3n) is 5.73. The maximum Gasteiger partial charge on any atom is 0.354 e. The molecule has 0 atom stereocenters. The Kier molecular flexibility index (Phi) is 4.67. The first kappa shape index (κ1) is 20.4. The number of rotatable bonds is 4. The number of aromatic carboxylic acids is 1. The maximum absolute atomic E-state index is 13.7. The second-order valence-electron chi connectivity index (χ2n) is 7.91. The lowest BCUT2D eigenvalue weighted by atomic mass is 10.0. The number of para-hydroxylation sites is 1. The number of hydrogen-bond acceptors (Lipinski definition) is 6. The molecule has 0 aliphatic heterocycles. The van der Waals surface area contributed by atoms with Crippen LogP contribution in [0.5, 0.6) is 0 Å². The average molecular weight is 440 g/mol. The lowest BCUT2D eigenvalue weighted by Gasteiger charge is -2.17. The molecule has 0 spiro atoms. The molecular formula is C24H20N6O3. The minimum atomic E-state index is -1.20. The van der Waals surface area contributed by atoms with Crippen LogP contribution in [0.2, 0.25) is 0 Å². The number of nitrogen functional groups attached to an aromatic ring is 1. The molecule has 0 bridgehead atoms. The number of aromatic nitrogens is 5. The van der Waals surface area contributed by atoms with Gasteiger partial charge in [0.2, 0.25) is 0 Å². The first-order chi connectivity index (χ1) is 15.8. The van der Waals surface area contributed by atoms with Crippen molar-refractivity contribution >= 4 is 33.6 Å². The number of hydrogen-bond donors (Lipinski definition) is 3. The third-order valence-corrected chi connectivity index (χ3v) is 5.73. The molecule has 0 aliphatic carbocycles. The Morgan fingerprint density at radius 1 is 1.06 bits per heavy atom. The van der Waals surface area contributed by atoms with Crippen LogP contribution >= 0.6 is 0 Å². The Morgan fingerprint density at radius 3 is 2.58 bits per heavy atom. The molecule has 0 amide bonds. The topological polar surface area (TPSA) is 140 Å². The summed E-state index contributed by atoms with van der Waals surface area (Å²) in [5.74, 6) is -0.849. The van der Waals surface area contributed by atoms with E-state index >= 15 is 0 Å². The number of fused-ring (bicyclic) bond motifs is 2. The van der Waals surface area contributed by atoms with Crippen molar-refractivity contribution < 1.29 is 9.90 Å². The molecule has 5 aromatic rings. The number of carboxylic acid groups (broad SMARTS) is 1. The SMILES string of the molecule is Cc1ccccc1-n1c(Cc2nc(N)c3c(C(=O)O)[nH]nc3n2)cc2cccc(C)c2c1=O. The molecule has 0 saturated heterocycles. The Hall–Kier alpha value is -4.53. The van der Waals surface area contributed by atoms with Crippen LogP contribution in [0.3, 0.4) is 0 Å². The molecule has 0 aliphatic rings. The van der Waals surface area contributed by atoms with Crippen LogP contribution in [-0.4, -0.2) is 35.8 Å². The molecule has 2 aromatic carbocycles. The molecule has 9 heteroatoms. The van der Waals surface area contributed by atoms with Gasteiger partial charge in [0, 0.05) is 12.1 Å². The van der Waals surface area contributed by atoms with Crippen LogP contribution < -0.4 is 11.3 Å². The molecule has 0 radical (unpaired) electrons. The number of H-pyrrole nitrogens is 1. The third kappa shape index (κ3) is 3.30. The van der Waals surface area contributed by atoms with Crippen molar-refractivity contribution in [1.29, 1.82) is 0 Å². The second-order valence-corrected chi connectivity index (χ2v) is 7.91. The highest BCUT2D eigenvalue weighted by Crippen LogP contribution is 2.24. The predicted octanol–water partition coefficient (Wildman–Crippen LogP) is 3.15. The van der Waals surface area contributed by atoms with Gasteiger partial charge in [0.15, 0.2) is 11.3 Å². The fraction of sp³-hybridized carbons (Fsp3) is 0.125. The zero-order valence-corrected chi connectivity index (χ0v) is 18.0. The summed E-state index contributed by atoms with van der Waals surface area (Å²) >= 11 is 0. The van der Waals surface area contributed by atoms with E-state index in [4.69, 9.17) is 5.73 Å². The molecular weight excluding hydrogens is 420 g/mol. The van der Waals surface area contributed by atoms with Crippen molar-refractivity contribution in [3.05, 3.63) is 87.2 Å². The smallest absolute Gasteiger partial charge is 0.354 e. The minimum Gasteiger partial charge on any atom is -0.477 e. The van der Waals surface area contributed by atoms with Crippen LogP contribution in [0, 0.1) is 13.8 Å². The number of aryl methyl sites for hydroxylation is 2. The molecule has 4 N–H and O–H groups in total. The van der Waals surface area contributed by atoms with Crippen molar-refractivity contribution in [2.75, 3.05) is 5.73 Å². The number of pyridine rings is 1. The number of anilines is 1. The normalized spacial score (nSPS) is 11.3. The van der Waals surface area contributed by atoms with Gasteiger partial charge in [-0.1, -0.05) is 36.4 Å². The number of benzene rings is 2. The summed E-state index contributed by atoms with van der Waals surface area (Å²) in [6.07, 6.45) is 0.197. The summed E-state index contributed by atoms with van der Waals surface area (Å²) in [5, 5.41) is 17.4. The van der Waals surface area contributed by atoms with E-state index in [0.717, 1.165) is 22.2 Å². The highest BCUT2D eigenvalue weighted by Gasteiger charge is 2.20. The van der Waals surface area contributed by atoms with Gasteiger partial charge in [0.25, 0.3) is 5.56 Å². The standard InChI is InChI=1S/C24H20N6O3/c1-12-6-3-4-9-16(12)30-15(10-14-8-5-7-13(2)18(14)23(30)31)11-17-26-21(25)19-20(24(32)33)28-29-22(19)27-17/h3-10H,11H2,1-2H3,(H,32,33)(H3,25,26,27,28,29). The van der Waals surface area contributed by atoms with Crippen LogP contribution in [-0.2, 0) is 6.42 Å². The minimum absolute atomic E-state index is 0.0163. The molecule has 0 saturated carbocycles. The molecule has 5 rings (SSSR count). The summed E-state index contributed by atoms with van der Waals surface area (Å²) in [7, 11) is 0. The zero-order valence-electron chi connectivity index (χ0n) is 18.0. The molecule has 0 unspecified atom stereocenters. The van der Waals surface area contributed by atoms with Gasteiger partial charge in [-0.25, -0.2) is 14.8 Å². The van der Waals surface area contributed by atoms with Crippen LogP contribution in [0.15, 0.2) is 53.3 Å². The number of nitrogens with zero attached hydrogens (tertiary/aromatic N) is 4. The number of nitrogens with one attached hydrogen (secondary N) is 1. The largest absolute Gasteiger partial charge is 0.477 e. The predicted molar refractivity (Wildman–Crippen MR) is 125 cm³/mol. The fourth-order valence-electron chi connectivity index (χ4n) is 4.19. The van der Waals surface area contributed by atoms with Gasteiger partial charge in [-0.05, 0) is 42.5 Å². The lowest BCUT2D eigenvalue weighted by molar-refractivity contribution is 0.0692. The summed E-state index contributed by atoms with van der Waals surface area (Å²) in [5.41, 5.74) is 9.23. The lowest BCUT2D eigenvalue weighted by Crippen LogP contribution is -2.24. The Balaban J connectivity index is 1.75. The van der Waals surface area contributed by atoms with E-state index in [1.165, 1.54) is 0 Å². The molecule has 164 valence electrons. The average Bonchev–Trinajstić information content (AvgIpc) is 3.20. The van der Waals surface area contributed by atoms with E-state index in [2.05, 4.69) is 20.2 Å². The first-order valence-electron chi connectivity index (χ1n) is 10.3. The number of aromatic amines is 1. The Bertz CT molecular complexity index is 1630. The Morgan fingerprint density at radius 2 is 1.82 bits per heavy atom. The van der Waals surface area contributed by atoms with Gasteiger partial charge in [0.05, 0.1) is 16.5 Å². The molecule has 3 heterocycles. The number of nitrogens with two attached hydrogens (primary N) is 1. The molecule has 33 heavy (non-hydrogen) atoms. The Labute approximate surface area is 187 Å². The van der Waals surface area contributed by atoms with Crippen molar-refractivity contribution in [3.63, 3.8) is 0 Å². The van der Waals surface area contributed by atoms with Crippen LogP contribution in [0.1, 0.15) is 33.1 Å². The number of carboxylic acids is 1. The summed E-state index contributed by atoms with van der Waals surface area (Å²) < 4.78 is 1.68. The van der Waals surface area contributed by atoms with E-state index in [1.54, 1.807) is 4.57 Å².